The SMILES string of the molecule is CCOC(=O)OC(C)CCC(C)OC(=O)OCC. The molecule has 2 unspecified atom stereocenters. The Kier molecular flexibility index (Phi) is 8.78. The summed E-state index contributed by atoms with van der Waals surface area (Å²) in [5, 5.41) is 0. The molecule has 0 rings (SSSR count). The Balaban J connectivity index is 3.73. The van der Waals surface area contributed by atoms with E-state index in [1.165, 1.54) is 0 Å². The normalized spacial score (nSPS) is 13.3. The summed E-state index contributed by atoms with van der Waals surface area (Å²) < 4.78 is 19.2. The van der Waals surface area contributed by atoms with Crippen LogP contribution in [-0.4, -0.2) is 37.7 Å². The van der Waals surface area contributed by atoms with E-state index in [0.29, 0.717) is 12.8 Å². The Labute approximate surface area is 108 Å². The van der Waals surface area contributed by atoms with Gasteiger partial charge in [0.05, 0.1) is 13.2 Å². The molecule has 0 aliphatic rings. The average Bonchev–Trinajstić information content (AvgIpc) is 2.27. The maximum Gasteiger partial charge on any atom is 0.508 e. The molecular weight excluding hydrogens is 240 g/mol. The highest BCUT2D eigenvalue weighted by atomic mass is 16.7. The van der Waals surface area contributed by atoms with Gasteiger partial charge in [0.2, 0.25) is 0 Å². The first-order valence-corrected chi connectivity index (χ1v) is 6.16. The molecule has 0 heterocycles. The Morgan fingerprint density at radius 3 is 1.44 bits per heavy atom. The second kappa shape index (κ2) is 9.56. The van der Waals surface area contributed by atoms with E-state index in [-0.39, 0.29) is 25.4 Å². The van der Waals surface area contributed by atoms with Crippen molar-refractivity contribution in [3.63, 3.8) is 0 Å². The zero-order chi connectivity index (χ0) is 14.0. The van der Waals surface area contributed by atoms with Gasteiger partial charge in [-0.25, -0.2) is 9.59 Å². The Hall–Kier alpha value is -1.46. The van der Waals surface area contributed by atoms with Crippen molar-refractivity contribution in [2.45, 2.75) is 52.7 Å². The summed E-state index contributed by atoms with van der Waals surface area (Å²) in [7, 11) is 0. The van der Waals surface area contributed by atoms with Gasteiger partial charge < -0.3 is 18.9 Å². The first kappa shape index (κ1) is 16.5. The zero-order valence-electron chi connectivity index (χ0n) is 11.4. The topological polar surface area (TPSA) is 71.1 Å². The van der Waals surface area contributed by atoms with Crippen LogP contribution >= 0.6 is 0 Å². The van der Waals surface area contributed by atoms with Crippen LogP contribution < -0.4 is 0 Å². The molecule has 6 heteroatoms. The summed E-state index contributed by atoms with van der Waals surface area (Å²) in [6.07, 6.45) is -0.749. The van der Waals surface area contributed by atoms with Crippen LogP contribution in [0.25, 0.3) is 0 Å². The van der Waals surface area contributed by atoms with Crippen LogP contribution in [0.15, 0.2) is 0 Å². The molecule has 0 amide bonds. The van der Waals surface area contributed by atoms with Crippen LogP contribution in [0.2, 0.25) is 0 Å². The van der Waals surface area contributed by atoms with Gasteiger partial charge in [0.15, 0.2) is 0 Å². The molecule has 0 N–H and O–H groups in total. The number of rotatable bonds is 7. The third-order valence-electron chi connectivity index (χ3n) is 2.10. The molecule has 106 valence electrons. The van der Waals surface area contributed by atoms with Crippen LogP contribution in [0.1, 0.15) is 40.5 Å². The third-order valence-corrected chi connectivity index (χ3v) is 2.10. The van der Waals surface area contributed by atoms with Crippen molar-refractivity contribution < 1.29 is 28.5 Å². The van der Waals surface area contributed by atoms with E-state index >= 15 is 0 Å². The predicted octanol–water partition coefficient (Wildman–Crippen LogP) is 2.89. The third kappa shape index (κ3) is 8.66. The van der Waals surface area contributed by atoms with Crippen molar-refractivity contribution in [1.29, 1.82) is 0 Å². The van der Waals surface area contributed by atoms with Crippen molar-refractivity contribution in [3.05, 3.63) is 0 Å². The summed E-state index contributed by atoms with van der Waals surface area (Å²) in [5.74, 6) is 0. The van der Waals surface area contributed by atoms with Gasteiger partial charge in [-0.2, -0.15) is 0 Å². The average molecular weight is 262 g/mol. The monoisotopic (exact) mass is 262 g/mol. The predicted molar refractivity (Wildman–Crippen MR) is 64.4 cm³/mol. The zero-order valence-corrected chi connectivity index (χ0v) is 11.4. The lowest BCUT2D eigenvalue weighted by Crippen LogP contribution is -2.20. The molecule has 18 heavy (non-hydrogen) atoms. The van der Waals surface area contributed by atoms with Gasteiger partial charge >= 0.3 is 12.3 Å². The summed E-state index contributed by atoms with van der Waals surface area (Å²) >= 11 is 0. The molecule has 0 aromatic heterocycles. The number of carbonyl (C=O) groups is 2. The largest absolute Gasteiger partial charge is 0.508 e. The molecule has 2 atom stereocenters. The number of hydrogen-bond acceptors (Lipinski definition) is 6. The maximum absolute atomic E-state index is 11.0. The van der Waals surface area contributed by atoms with Gasteiger partial charge in [-0.3, -0.25) is 0 Å². The molecule has 0 aromatic rings. The number of ether oxygens (including phenoxy) is 4. The fourth-order valence-corrected chi connectivity index (χ4v) is 1.22. The Morgan fingerprint density at radius 1 is 0.833 bits per heavy atom. The van der Waals surface area contributed by atoms with Crippen LogP contribution in [0, 0.1) is 0 Å². The second-order valence-corrected chi connectivity index (χ2v) is 3.80. The van der Waals surface area contributed by atoms with Gasteiger partial charge in [0.1, 0.15) is 12.2 Å². The lowest BCUT2D eigenvalue weighted by Gasteiger charge is -2.16. The lowest BCUT2D eigenvalue weighted by atomic mass is 10.1. The molecule has 0 radical (unpaired) electrons. The summed E-state index contributed by atoms with van der Waals surface area (Å²) in [5.41, 5.74) is 0. The highest BCUT2D eigenvalue weighted by Gasteiger charge is 2.14. The Bertz CT molecular complexity index is 227. The van der Waals surface area contributed by atoms with E-state index in [1.807, 2.05) is 0 Å². The minimum absolute atomic E-state index is 0.280. The van der Waals surface area contributed by atoms with E-state index in [2.05, 4.69) is 9.47 Å². The maximum atomic E-state index is 11.0. The Morgan fingerprint density at radius 2 is 1.17 bits per heavy atom. The van der Waals surface area contributed by atoms with Crippen molar-refractivity contribution in [2.24, 2.45) is 0 Å². The van der Waals surface area contributed by atoms with Gasteiger partial charge in [-0.05, 0) is 40.5 Å². The van der Waals surface area contributed by atoms with Crippen LogP contribution in [-0.2, 0) is 18.9 Å². The van der Waals surface area contributed by atoms with E-state index in [9.17, 15) is 9.59 Å². The molecule has 0 fully saturated rings. The minimum Gasteiger partial charge on any atom is -0.435 e. The summed E-state index contributed by atoms with van der Waals surface area (Å²) in [6.45, 7) is 7.51. The minimum atomic E-state index is -0.677. The quantitative estimate of drug-likeness (QED) is 0.657. The van der Waals surface area contributed by atoms with Crippen molar-refractivity contribution in [2.75, 3.05) is 13.2 Å². The number of hydrogen-bond donors (Lipinski definition) is 0. The van der Waals surface area contributed by atoms with E-state index in [0.717, 1.165) is 0 Å². The molecular formula is C12H22O6. The molecule has 0 bridgehead atoms. The van der Waals surface area contributed by atoms with Gasteiger partial charge in [-0.15, -0.1) is 0 Å². The van der Waals surface area contributed by atoms with Crippen LogP contribution in [0.3, 0.4) is 0 Å². The highest BCUT2D eigenvalue weighted by molar-refractivity contribution is 5.60. The van der Waals surface area contributed by atoms with Crippen molar-refractivity contribution in [3.8, 4) is 0 Å². The van der Waals surface area contributed by atoms with E-state index in [4.69, 9.17) is 9.47 Å². The van der Waals surface area contributed by atoms with Crippen LogP contribution in [0.5, 0.6) is 0 Å². The molecule has 0 aromatic carbocycles. The first-order valence-electron chi connectivity index (χ1n) is 6.16. The standard InChI is InChI=1S/C12H22O6/c1-5-15-11(13)17-9(3)7-8-10(4)18-12(14)16-6-2/h9-10H,5-8H2,1-4H3. The summed E-state index contributed by atoms with van der Waals surface area (Å²) in [6, 6.07) is 0. The van der Waals surface area contributed by atoms with Gasteiger partial charge in [0, 0.05) is 0 Å². The first-order chi connectivity index (χ1) is 8.49. The lowest BCUT2D eigenvalue weighted by molar-refractivity contribution is 0.0107. The summed E-state index contributed by atoms with van der Waals surface area (Å²) in [4.78, 5) is 22.0. The van der Waals surface area contributed by atoms with Crippen molar-refractivity contribution in [1.82, 2.24) is 0 Å². The van der Waals surface area contributed by atoms with E-state index < -0.39 is 12.3 Å². The smallest absolute Gasteiger partial charge is 0.435 e. The van der Waals surface area contributed by atoms with E-state index in [1.54, 1.807) is 27.7 Å². The fourth-order valence-electron chi connectivity index (χ4n) is 1.22. The fraction of sp³-hybridized carbons (Fsp3) is 0.833. The molecule has 6 nitrogen and oxygen atoms in total. The van der Waals surface area contributed by atoms with Gasteiger partial charge in [-0.1, -0.05) is 0 Å². The molecule has 0 aliphatic carbocycles. The molecule has 0 saturated carbocycles. The second-order valence-electron chi connectivity index (χ2n) is 3.80. The molecule has 0 spiro atoms. The van der Waals surface area contributed by atoms with Crippen LogP contribution in [0.4, 0.5) is 9.59 Å². The molecule has 0 saturated heterocycles. The highest BCUT2D eigenvalue weighted by Crippen LogP contribution is 2.09. The number of carbonyl (C=O) groups excluding carboxylic acids is 2. The van der Waals surface area contributed by atoms with Gasteiger partial charge in [0.25, 0.3) is 0 Å². The van der Waals surface area contributed by atoms with Crippen molar-refractivity contribution >= 4 is 12.3 Å². The molecule has 0 aliphatic heterocycles.